The fraction of sp³-hybridized carbons (Fsp3) is 0.500. The lowest BCUT2D eigenvalue weighted by molar-refractivity contribution is 1.00. The number of rotatable bonds is 3. The summed E-state index contributed by atoms with van der Waals surface area (Å²) in [6.45, 7) is 3.08. The lowest BCUT2D eigenvalue weighted by Gasteiger charge is -2.21. The van der Waals surface area contributed by atoms with E-state index in [1.54, 1.807) is 0 Å². The molecule has 1 aliphatic rings. The molecular weight excluding hydrogens is 236 g/mol. The van der Waals surface area contributed by atoms with E-state index in [0.29, 0.717) is 0 Å². The summed E-state index contributed by atoms with van der Waals surface area (Å²) in [5.74, 6) is 3.85. The summed E-state index contributed by atoms with van der Waals surface area (Å²) in [5, 5.41) is 4.21. The maximum atomic E-state index is 5.88. The van der Waals surface area contributed by atoms with Crippen LogP contribution in [-0.4, -0.2) is 29.1 Å². The van der Waals surface area contributed by atoms with Gasteiger partial charge in [0.05, 0.1) is 0 Å². The molecule has 0 radical (unpaired) electrons. The fourth-order valence-corrected chi connectivity index (χ4v) is 4.25. The Morgan fingerprint density at radius 3 is 3.00 bits per heavy atom. The van der Waals surface area contributed by atoms with Crippen LogP contribution in [0.5, 0.6) is 0 Å². The molecule has 2 nitrogen and oxygen atoms in total. The van der Waals surface area contributed by atoms with Crippen molar-refractivity contribution >= 4 is 34.9 Å². The number of nitrogen functional groups attached to an aromatic ring is 1. The van der Waals surface area contributed by atoms with Gasteiger partial charge in [-0.25, -0.2) is 0 Å². The Kier molecular flexibility index (Phi) is 4.29. The normalized spacial score (nSPS) is 20.7. The Hall–Kier alpha value is -0.480. The van der Waals surface area contributed by atoms with Gasteiger partial charge in [-0.3, -0.25) is 0 Å². The predicted molar refractivity (Wildman–Crippen MR) is 77.7 cm³/mol. The Balaban J connectivity index is 1.86. The summed E-state index contributed by atoms with van der Waals surface area (Å²) in [7, 11) is 0. The average Bonchev–Trinajstić information content (AvgIpc) is 2.32. The van der Waals surface area contributed by atoms with Crippen LogP contribution < -0.4 is 11.1 Å². The number of hydrogen-bond acceptors (Lipinski definition) is 4. The molecule has 4 heteroatoms. The third-order valence-corrected chi connectivity index (χ3v) is 5.54. The van der Waals surface area contributed by atoms with E-state index in [1.807, 2.05) is 13.0 Å². The van der Waals surface area contributed by atoms with Gasteiger partial charge in [0, 0.05) is 40.4 Å². The van der Waals surface area contributed by atoms with Gasteiger partial charge in [-0.05, 0) is 24.6 Å². The number of benzene rings is 1. The van der Waals surface area contributed by atoms with Crippen LogP contribution in [0, 0.1) is 6.92 Å². The minimum Gasteiger partial charge on any atom is -0.398 e. The van der Waals surface area contributed by atoms with Gasteiger partial charge >= 0.3 is 0 Å². The molecule has 88 valence electrons. The van der Waals surface area contributed by atoms with Crippen molar-refractivity contribution in [3.63, 3.8) is 0 Å². The SMILES string of the molecule is Cc1ccc(NCC2CSCCS2)cc1N. The van der Waals surface area contributed by atoms with Crippen LogP contribution in [0.25, 0.3) is 0 Å². The largest absolute Gasteiger partial charge is 0.398 e. The van der Waals surface area contributed by atoms with Crippen molar-refractivity contribution in [2.45, 2.75) is 12.2 Å². The fourth-order valence-electron chi connectivity index (χ4n) is 1.64. The van der Waals surface area contributed by atoms with Crippen molar-refractivity contribution < 1.29 is 0 Å². The zero-order chi connectivity index (χ0) is 11.4. The Morgan fingerprint density at radius 1 is 1.44 bits per heavy atom. The molecule has 1 saturated heterocycles. The first kappa shape index (κ1) is 12.0. The second-order valence-corrected chi connectivity index (χ2v) is 6.58. The van der Waals surface area contributed by atoms with E-state index in [1.165, 1.54) is 17.3 Å². The highest BCUT2D eigenvalue weighted by atomic mass is 32.2. The first-order valence-electron chi connectivity index (χ1n) is 5.55. The summed E-state index contributed by atoms with van der Waals surface area (Å²) >= 11 is 4.13. The molecule has 16 heavy (non-hydrogen) atoms. The van der Waals surface area contributed by atoms with Gasteiger partial charge in [-0.1, -0.05) is 6.07 Å². The Bertz CT molecular complexity index is 349. The molecule has 0 bridgehead atoms. The van der Waals surface area contributed by atoms with Gasteiger partial charge in [0.15, 0.2) is 0 Å². The predicted octanol–water partition coefficient (Wildman–Crippen LogP) is 2.84. The first-order valence-corrected chi connectivity index (χ1v) is 7.75. The minimum atomic E-state index is 0.737. The second-order valence-electron chi connectivity index (χ2n) is 4.02. The van der Waals surface area contributed by atoms with Gasteiger partial charge in [-0.15, -0.1) is 0 Å². The van der Waals surface area contributed by atoms with Crippen LogP contribution in [0.4, 0.5) is 11.4 Å². The van der Waals surface area contributed by atoms with Crippen LogP contribution in [0.15, 0.2) is 18.2 Å². The quantitative estimate of drug-likeness (QED) is 0.814. The van der Waals surface area contributed by atoms with Crippen molar-refractivity contribution in [1.29, 1.82) is 0 Å². The highest BCUT2D eigenvalue weighted by molar-refractivity contribution is 8.06. The van der Waals surface area contributed by atoms with Crippen molar-refractivity contribution in [3.05, 3.63) is 23.8 Å². The molecular formula is C12H18N2S2. The Labute approximate surface area is 106 Å². The van der Waals surface area contributed by atoms with Crippen molar-refractivity contribution in [3.8, 4) is 0 Å². The van der Waals surface area contributed by atoms with Crippen molar-refractivity contribution in [1.82, 2.24) is 0 Å². The number of nitrogens with two attached hydrogens (primary N) is 1. The molecule has 0 amide bonds. The summed E-state index contributed by atoms with van der Waals surface area (Å²) in [5.41, 5.74) is 9.04. The first-order chi connectivity index (χ1) is 7.75. The molecule has 0 saturated carbocycles. The maximum absolute atomic E-state index is 5.88. The smallest absolute Gasteiger partial charge is 0.0364 e. The molecule has 2 rings (SSSR count). The number of nitrogens with one attached hydrogen (secondary N) is 1. The van der Waals surface area contributed by atoms with E-state index in [2.05, 4.69) is 41.0 Å². The molecule has 0 aliphatic carbocycles. The summed E-state index contributed by atoms with van der Waals surface area (Å²) < 4.78 is 0. The number of hydrogen-bond donors (Lipinski definition) is 2. The molecule has 0 aromatic heterocycles. The number of thioether (sulfide) groups is 2. The third-order valence-electron chi connectivity index (χ3n) is 2.70. The molecule has 1 aliphatic heterocycles. The summed E-state index contributed by atoms with van der Waals surface area (Å²) in [6.07, 6.45) is 0. The van der Waals surface area contributed by atoms with Gasteiger partial charge in [0.1, 0.15) is 0 Å². The highest BCUT2D eigenvalue weighted by Gasteiger charge is 2.13. The Morgan fingerprint density at radius 2 is 2.31 bits per heavy atom. The zero-order valence-corrected chi connectivity index (χ0v) is 11.2. The molecule has 0 spiro atoms. The van der Waals surface area contributed by atoms with Gasteiger partial charge in [-0.2, -0.15) is 23.5 Å². The highest BCUT2D eigenvalue weighted by Crippen LogP contribution is 2.24. The standard InChI is InChI=1S/C12H18N2S2/c1-9-2-3-10(6-12(9)13)14-7-11-8-15-4-5-16-11/h2-3,6,11,14H,4-5,7-8,13H2,1H3. The second kappa shape index (κ2) is 5.73. The van der Waals surface area contributed by atoms with Gasteiger partial charge in [0.25, 0.3) is 0 Å². The molecule has 1 aromatic carbocycles. The van der Waals surface area contributed by atoms with Crippen LogP contribution in [0.2, 0.25) is 0 Å². The van der Waals surface area contributed by atoms with Gasteiger partial charge < -0.3 is 11.1 Å². The molecule has 1 unspecified atom stereocenters. The maximum Gasteiger partial charge on any atom is 0.0364 e. The third kappa shape index (κ3) is 3.25. The van der Waals surface area contributed by atoms with Crippen molar-refractivity contribution in [2.24, 2.45) is 0 Å². The minimum absolute atomic E-state index is 0.737. The van der Waals surface area contributed by atoms with Crippen LogP contribution in [-0.2, 0) is 0 Å². The molecule has 1 atom stereocenters. The average molecular weight is 254 g/mol. The summed E-state index contributed by atoms with van der Waals surface area (Å²) in [4.78, 5) is 0. The zero-order valence-electron chi connectivity index (χ0n) is 9.53. The van der Waals surface area contributed by atoms with Gasteiger partial charge in [0.2, 0.25) is 0 Å². The van der Waals surface area contributed by atoms with Crippen LogP contribution in [0.1, 0.15) is 5.56 Å². The van der Waals surface area contributed by atoms with E-state index in [0.717, 1.165) is 28.7 Å². The van der Waals surface area contributed by atoms with Crippen LogP contribution in [0.3, 0.4) is 0 Å². The van der Waals surface area contributed by atoms with E-state index < -0.39 is 0 Å². The van der Waals surface area contributed by atoms with E-state index >= 15 is 0 Å². The molecule has 1 heterocycles. The van der Waals surface area contributed by atoms with Crippen molar-refractivity contribution in [2.75, 3.05) is 34.9 Å². The topological polar surface area (TPSA) is 38.0 Å². The van der Waals surface area contributed by atoms with E-state index in [4.69, 9.17) is 5.73 Å². The molecule has 3 N–H and O–H groups in total. The molecule has 1 fully saturated rings. The number of aryl methyl sites for hydroxylation is 1. The lowest BCUT2D eigenvalue weighted by atomic mass is 10.2. The molecule has 1 aromatic rings. The lowest BCUT2D eigenvalue weighted by Crippen LogP contribution is -2.23. The number of anilines is 2. The van der Waals surface area contributed by atoms with Crippen LogP contribution >= 0.6 is 23.5 Å². The van der Waals surface area contributed by atoms with E-state index in [9.17, 15) is 0 Å². The summed E-state index contributed by atoms with van der Waals surface area (Å²) in [6, 6.07) is 6.20. The monoisotopic (exact) mass is 254 g/mol. The van der Waals surface area contributed by atoms with E-state index in [-0.39, 0.29) is 0 Å².